The molecule has 0 aromatic carbocycles. The summed E-state index contributed by atoms with van der Waals surface area (Å²) in [6.07, 6.45) is 0. The summed E-state index contributed by atoms with van der Waals surface area (Å²) in [5, 5.41) is 0.353. The van der Waals surface area contributed by atoms with Crippen LogP contribution < -0.4 is 0 Å². The van der Waals surface area contributed by atoms with Crippen molar-refractivity contribution < 1.29 is 22.9 Å². The molecule has 0 fully saturated rings. The summed E-state index contributed by atoms with van der Waals surface area (Å²) in [5.74, 6) is -2.45. The zero-order chi connectivity index (χ0) is 16.0. The van der Waals surface area contributed by atoms with Crippen molar-refractivity contribution in [2.45, 2.75) is 6.92 Å². The van der Waals surface area contributed by atoms with Gasteiger partial charge in [0.15, 0.2) is 5.57 Å². The number of rotatable bonds is 7. The van der Waals surface area contributed by atoms with Gasteiger partial charge in [-0.2, -0.15) is 20.1 Å². The zero-order valence-corrected chi connectivity index (χ0v) is 14.8. The minimum absolute atomic E-state index is 0.00637. The summed E-state index contributed by atoms with van der Waals surface area (Å²) < 4.78 is 9.98. The molecule has 0 aliphatic heterocycles. The van der Waals surface area contributed by atoms with Crippen molar-refractivity contribution in [1.82, 2.24) is 0 Å². The molecule has 1 rings (SSSR count). The molecule has 1 aromatic heterocycles. The van der Waals surface area contributed by atoms with Crippen LogP contribution in [0.2, 0.25) is 0 Å². The van der Waals surface area contributed by atoms with Crippen molar-refractivity contribution >= 4 is 78.4 Å². The van der Waals surface area contributed by atoms with Gasteiger partial charge in [0, 0.05) is 0 Å². The molecule has 0 spiro atoms. The number of ether oxygens (including phenoxy) is 1. The van der Waals surface area contributed by atoms with Crippen molar-refractivity contribution in [3.8, 4) is 0 Å². The van der Waals surface area contributed by atoms with Gasteiger partial charge in [0.2, 0.25) is 0 Å². The lowest BCUT2D eigenvalue weighted by Crippen LogP contribution is -2.23. The molecule has 112 valence electrons. The van der Waals surface area contributed by atoms with Crippen molar-refractivity contribution in [2.24, 2.45) is 0 Å². The Balaban J connectivity index is 3.46. The summed E-state index contributed by atoms with van der Waals surface area (Å²) >= 11 is 3.66. The second-order valence-electron chi connectivity index (χ2n) is 3.38. The Morgan fingerprint density at radius 1 is 1.33 bits per heavy atom. The van der Waals surface area contributed by atoms with Gasteiger partial charge in [0.1, 0.15) is 5.76 Å². The third-order valence-corrected chi connectivity index (χ3v) is 4.05. The van der Waals surface area contributed by atoms with Gasteiger partial charge in [-0.05, 0) is 30.0 Å². The highest BCUT2D eigenvalue weighted by Gasteiger charge is 2.33. The molecule has 0 aliphatic rings. The topological polar surface area (TPSA) is 69.7 Å². The Morgan fingerprint density at radius 2 is 2.00 bits per heavy atom. The van der Waals surface area contributed by atoms with Crippen LogP contribution in [0.1, 0.15) is 11.8 Å². The molecule has 1 aromatic rings. The molecule has 0 unspecified atom stereocenters. The Labute approximate surface area is 142 Å². The van der Waals surface area contributed by atoms with Gasteiger partial charge in [0.25, 0.3) is 11.0 Å². The van der Waals surface area contributed by atoms with Crippen molar-refractivity contribution in [1.29, 1.82) is 0 Å². The number of hydrogen-bond acceptors (Lipinski definition) is 6. The first-order chi connectivity index (χ1) is 9.88. The average Bonchev–Trinajstić information content (AvgIpc) is 2.91. The normalized spacial score (nSPS) is 11.4. The van der Waals surface area contributed by atoms with Gasteiger partial charge in [0.05, 0.1) is 11.5 Å². The molecule has 0 radical (unpaired) electrons. The van der Waals surface area contributed by atoms with E-state index in [0.717, 1.165) is 0 Å². The molecule has 0 atom stereocenters. The lowest BCUT2D eigenvalue weighted by atomic mass is 10.1. The number of Topliss-reactive ketones (excluding diaryl/α,β-unsaturated/α-hetero) is 1. The summed E-state index contributed by atoms with van der Waals surface area (Å²) in [6.45, 7) is 1.56. The Hall–Kier alpha value is -0.548. The second kappa shape index (κ2) is 8.79. The lowest BCUT2D eigenvalue weighted by molar-refractivity contribution is -0.141. The standard InChI is InChI=1S/C11H9ClO5S.Al.2ClH/c1-2-17-11(16)7(9(14)10(12)15)8(13)6-4-3-5-18-6;;;/h3-5,13H,2H2,1H3;;2*1H/q;+3;;/p-3/b8-7-;;;. The van der Waals surface area contributed by atoms with Gasteiger partial charge in [-0.25, -0.2) is 4.79 Å². The molecular weight excluding hydrogens is 378 g/mol. The number of halogens is 3. The summed E-state index contributed by atoms with van der Waals surface area (Å²) in [6, 6.07) is 3.24. The van der Waals surface area contributed by atoms with Gasteiger partial charge in [-0.15, -0.1) is 11.3 Å². The van der Waals surface area contributed by atoms with Crippen LogP contribution in [-0.2, 0) is 22.9 Å². The van der Waals surface area contributed by atoms with Crippen LogP contribution in [0.25, 0.3) is 5.76 Å². The van der Waals surface area contributed by atoms with E-state index in [0.29, 0.717) is 4.88 Å². The predicted molar refractivity (Wildman–Crippen MR) is 82.3 cm³/mol. The summed E-state index contributed by atoms with van der Waals surface area (Å²) in [7, 11) is 11.3. The van der Waals surface area contributed by atoms with Crippen molar-refractivity contribution in [3.63, 3.8) is 0 Å². The van der Waals surface area contributed by atoms with E-state index >= 15 is 0 Å². The minimum atomic E-state index is -2.68. The van der Waals surface area contributed by atoms with Crippen molar-refractivity contribution in [3.05, 3.63) is 28.0 Å². The highest BCUT2D eigenvalue weighted by molar-refractivity contribution is 7.31. The fourth-order valence-corrected chi connectivity index (χ4v) is 3.18. The molecular formula is C11H8AlCl3O5S. The molecule has 21 heavy (non-hydrogen) atoms. The largest absolute Gasteiger partial charge is 0.815 e. The van der Waals surface area contributed by atoms with Gasteiger partial charge < -0.3 is 8.53 Å². The number of esters is 1. The van der Waals surface area contributed by atoms with Gasteiger partial charge in [-0.1, -0.05) is 6.07 Å². The zero-order valence-electron chi connectivity index (χ0n) is 10.6. The Kier molecular flexibility index (Phi) is 7.74. The maximum atomic E-state index is 11.9. The highest BCUT2D eigenvalue weighted by Crippen LogP contribution is 2.28. The van der Waals surface area contributed by atoms with E-state index in [1.165, 1.54) is 11.3 Å². The maximum Gasteiger partial charge on any atom is 0.815 e. The molecule has 0 saturated carbocycles. The average molecular weight is 386 g/mol. The highest BCUT2D eigenvalue weighted by atomic mass is 35.7. The Morgan fingerprint density at radius 3 is 2.43 bits per heavy atom. The number of carbonyl (C=O) groups excluding carboxylic acids is 3. The molecule has 0 saturated heterocycles. The van der Waals surface area contributed by atoms with E-state index in [9.17, 15) is 14.4 Å². The van der Waals surface area contributed by atoms with Crippen LogP contribution in [0.4, 0.5) is 0 Å². The van der Waals surface area contributed by atoms with E-state index in [4.69, 9.17) is 40.2 Å². The molecule has 10 heteroatoms. The molecule has 0 aliphatic carbocycles. The SMILES string of the molecule is CCOC(=O)/C(C(=O)C(=O)Cl)=C(\[O][Al]([Cl])[Cl])c1cccs1. The number of ketones is 1. The third kappa shape index (κ3) is 5.29. The van der Waals surface area contributed by atoms with E-state index in [-0.39, 0.29) is 12.4 Å². The molecule has 0 N–H and O–H groups in total. The number of carbonyl (C=O) groups is 3. The van der Waals surface area contributed by atoms with Crippen LogP contribution in [-0.4, -0.2) is 36.2 Å². The fraction of sp³-hybridized carbons (Fsp3) is 0.182. The fourth-order valence-electron chi connectivity index (χ4n) is 1.33. The molecule has 0 amide bonds. The van der Waals surface area contributed by atoms with E-state index in [2.05, 4.69) is 0 Å². The van der Waals surface area contributed by atoms with Crippen LogP contribution >= 0.6 is 43.0 Å². The molecule has 0 bridgehead atoms. The number of hydrogen-bond donors (Lipinski definition) is 0. The lowest BCUT2D eigenvalue weighted by Gasteiger charge is -2.14. The maximum absolute atomic E-state index is 11.9. The van der Waals surface area contributed by atoms with E-state index in [1.807, 2.05) is 0 Å². The van der Waals surface area contributed by atoms with Gasteiger partial charge >= 0.3 is 18.6 Å². The summed E-state index contributed by atoms with van der Waals surface area (Å²) in [5.41, 5.74) is -0.613. The van der Waals surface area contributed by atoms with Crippen LogP contribution in [0.3, 0.4) is 0 Å². The number of thiophene rings is 1. The quantitative estimate of drug-likeness (QED) is 0.105. The van der Waals surface area contributed by atoms with Crippen LogP contribution in [0, 0.1) is 0 Å². The first kappa shape index (κ1) is 18.5. The van der Waals surface area contributed by atoms with Gasteiger partial charge in [-0.3, -0.25) is 9.59 Å². The predicted octanol–water partition coefficient (Wildman–Crippen LogP) is 2.84. The smallest absolute Gasteiger partial charge is 0.618 e. The minimum Gasteiger partial charge on any atom is -0.618 e. The first-order valence-corrected chi connectivity index (χ1v) is 10.7. The van der Waals surface area contributed by atoms with Crippen LogP contribution in [0.5, 0.6) is 0 Å². The monoisotopic (exact) mass is 384 g/mol. The van der Waals surface area contributed by atoms with Crippen molar-refractivity contribution in [2.75, 3.05) is 6.61 Å². The van der Waals surface area contributed by atoms with E-state index in [1.54, 1.807) is 24.4 Å². The Bertz CT molecular complexity index is 570. The van der Waals surface area contributed by atoms with E-state index < -0.39 is 35.2 Å². The molecule has 5 nitrogen and oxygen atoms in total. The second-order valence-corrected chi connectivity index (χ2v) is 8.48. The molecule has 1 heterocycles. The third-order valence-electron chi connectivity index (χ3n) is 2.06. The first-order valence-electron chi connectivity index (χ1n) is 5.52. The van der Waals surface area contributed by atoms with Crippen LogP contribution in [0.15, 0.2) is 23.1 Å². The summed E-state index contributed by atoms with van der Waals surface area (Å²) in [4.78, 5) is 35.4.